The number of nitrogens with two attached hydrogens (primary N) is 1. The van der Waals surface area contributed by atoms with E-state index in [2.05, 4.69) is 20.1 Å². The Kier molecular flexibility index (Phi) is 8.20. The first-order chi connectivity index (χ1) is 18.2. The summed E-state index contributed by atoms with van der Waals surface area (Å²) in [4.78, 5) is 9.79. The molecule has 204 valence electrons. The standard InChI is InChI=1S/C27H35N5O4S2/c1-19(2)36-26-10-9-23(38(28,33)34)17-24(26)29-27-30-25(18-37-27)20-3-7-22(8-4-20)35-16-15-31-11-13-32(14-12-31)21-5-6-21/h3-4,7-10,17-19,21H,5-6,11-16H2,1-2H3,(H,29,30)(H2,28,33,34). The van der Waals surface area contributed by atoms with Crippen molar-refractivity contribution in [1.29, 1.82) is 0 Å². The van der Waals surface area contributed by atoms with Gasteiger partial charge in [0.15, 0.2) is 5.13 Å². The van der Waals surface area contributed by atoms with Gasteiger partial charge in [0.25, 0.3) is 0 Å². The largest absolute Gasteiger partial charge is 0.492 e. The Balaban J connectivity index is 1.17. The van der Waals surface area contributed by atoms with Crippen molar-refractivity contribution in [3.05, 3.63) is 47.8 Å². The molecule has 0 bridgehead atoms. The molecule has 2 aromatic carbocycles. The minimum absolute atomic E-state index is 0.00370. The first kappa shape index (κ1) is 26.9. The lowest BCUT2D eigenvalue weighted by Gasteiger charge is -2.34. The van der Waals surface area contributed by atoms with Gasteiger partial charge in [0, 0.05) is 49.7 Å². The van der Waals surface area contributed by atoms with Crippen LogP contribution in [0.15, 0.2) is 52.7 Å². The van der Waals surface area contributed by atoms with E-state index in [-0.39, 0.29) is 11.0 Å². The zero-order chi connectivity index (χ0) is 26.7. The maximum Gasteiger partial charge on any atom is 0.238 e. The second-order valence-corrected chi connectivity index (χ2v) is 12.4. The molecule has 0 atom stereocenters. The maximum absolute atomic E-state index is 11.9. The minimum Gasteiger partial charge on any atom is -0.492 e. The van der Waals surface area contributed by atoms with Gasteiger partial charge in [-0.15, -0.1) is 11.3 Å². The number of anilines is 2. The summed E-state index contributed by atoms with van der Waals surface area (Å²) in [5, 5.41) is 11.1. The molecule has 1 aliphatic carbocycles. The number of nitrogens with zero attached hydrogens (tertiary/aromatic N) is 3. The SMILES string of the molecule is CC(C)Oc1ccc(S(N)(=O)=O)cc1Nc1nc(-c2ccc(OCCN3CCN(C4CC4)CC3)cc2)cs1. The lowest BCUT2D eigenvalue weighted by Crippen LogP contribution is -2.48. The van der Waals surface area contributed by atoms with Gasteiger partial charge in [-0.2, -0.15) is 0 Å². The minimum atomic E-state index is -3.85. The Bertz CT molecular complexity index is 1330. The van der Waals surface area contributed by atoms with Gasteiger partial charge in [-0.25, -0.2) is 18.5 Å². The summed E-state index contributed by atoms with van der Waals surface area (Å²) in [6, 6.07) is 13.3. The molecule has 11 heteroatoms. The molecule has 1 saturated heterocycles. The van der Waals surface area contributed by atoms with Crippen molar-refractivity contribution in [3.63, 3.8) is 0 Å². The zero-order valence-electron chi connectivity index (χ0n) is 21.8. The van der Waals surface area contributed by atoms with Crippen molar-refractivity contribution in [2.75, 3.05) is 44.6 Å². The number of ether oxygens (including phenoxy) is 2. The zero-order valence-corrected chi connectivity index (χ0v) is 23.4. The normalized spacial score (nSPS) is 17.1. The molecule has 3 aromatic rings. The molecule has 0 amide bonds. The van der Waals surface area contributed by atoms with Crippen LogP contribution in [0.1, 0.15) is 26.7 Å². The van der Waals surface area contributed by atoms with Gasteiger partial charge in [-0.1, -0.05) is 0 Å². The lowest BCUT2D eigenvalue weighted by atomic mass is 10.2. The van der Waals surface area contributed by atoms with Gasteiger partial charge in [0.05, 0.1) is 22.4 Å². The molecule has 3 N–H and O–H groups in total. The fraction of sp³-hybridized carbons (Fsp3) is 0.444. The van der Waals surface area contributed by atoms with E-state index in [1.54, 1.807) is 6.07 Å². The van der Waals surface area contributed by atoms with Crippen molar-refractivity contribution < 1.29 is 17.9 Å². The first-order valence-electron chi connectivity index (χ1n) is 13.0. The Morgan fingerprint density at radius 3 is 2.50 bits per heavy atom. The molecule has 38 heavy (non-hydrogen) atoms. The predicted octanol–water partition coefficient (Wildman–Crippen LogP) is 4.15. The van der Waals surface area contributed by atoms with Crippen LogP contribution < -0.4 is 19.9 Å². The molecule has 1 aromatic heterocycles. The summed E-state index contributed by atoms with van der Waals surface area (Å²) in [6.07, 6.45) is 2.67. The Morgan fingerprint density at radius 1 is 1.11 bits per heavy atom. The number of sulfonamides is 1. The summed E-state index contributed by atoms with van der Waals surface area (Å²) >= 11 is 1.42. The number of hydrogen-bond acceptors (Lipinski definition) is 9. The van der Waals surface area contributed by atoms with E-state index < -0.39 is 10.0 Å². The maximum atomic E-state index is 11.9. The van der Waals surface area contributed by atoms with Crippen LogP contribution in [0.4, 0.5) is 10.8 Å². The van der Waals surface area contributed by atoms with Gasteiger partial charge >= 0.3 is 0 Å². The van der Waals surface area contributed by atoms with E-state index in [0.29, 0.717) is 23.2 Å². The molecule has 0 radical (unpaired) electrons. The van der Waals surface area contributed by atoms with Crippen molar-refractivity contribution in [3.8, 4) is 22.8 Å². The van der Waals surface area contributed by atoms with Crippen LogP contribution in [0, 0.1) is 0 Å². The summed E-state index contributed by atoms with van der Waals surface area (Å²) < 4.78 is 35.5. The molecule has 1 saturated carbocycles. The Morgan fingerprint density at radius 2 is 1.84 bits per heavy atom. The highest BCUT2D eigenvalue weighted by Crippen LogP contribution is 2.34. The first-order valence-corrected chi connectivity index (χ1v) is 15.4. The van der Waals surface area contributed by atoms with Crippen LogP contribution in [0.3, 0.4) is 0 Å². The van der Waals surface area contributed by atoms with E-state index in [1.807, 2.05) is 43.5 Å². The molecule has 9 nitrogen and oxygen atoms in total. The molecule has 2 heterocycles. The predicted molar refractivity (Wildman–Crippen MR) is 151 cm³/mol. The van der Waals surface area contributed by atoms with Crippen LogP contribution >= 0.6 is 11.3 Å². The number of thiazole rings is 1. The van der Waals surface area contributed by atoms with Gasteiger partial charge in [-0.05, 0) is 69.2 Å². The molecular formula is C27H35N5O4S2. The monoisotopic (exact) mass is 557 g/mol. The third-order valence-electron chi connectivity index (χ3n) is 6.68. The van der Waals surface area contributed by atoms with Gasteiger partial charge < -0.3 is 14.8 Å². The van der Waals surface area contributed by atoms with E-state index in [1.165, 1.54) is 49.4 Å². The molecule has 0 spiro atoms. The molecule has 0 unspecified atom stereocenters. The number of benzene rings is 2. The number of aromatic nitrogens is 1. The molecular weight excluding hydrogens is 522 g/mol. The lowest BCUT2D eigenvalue weighted by molar-refractivity contribution is 0.112. The van der Waals surface area contributed by atoms with E-state index in [4.69, 9.17) is 14.6 Å². The van der Waals surface area contributed by atoms with Gasteiger partial charge in [0.1, 0.15) is 18.1 Å². The fourth-order valence-electron chi connectivity index (χ4n) is 4.53. The quantitative estimate of drug-likeness (QED) is 0.362. The topological polar surface area (TPSA) is 110 Å². The summed E-state index contributed by atoms with van der Waals surface area (Å²) in [7, 11) is -3.85. The Labute approximate surface area is 228 Å². The molecule has 2 fully saturated rings. The van der Waals surface area contributed by atoms with E-state index in [0.717, 1.165) is 42.7 Å². The van der Waals surface area contributed by atoms with Crippen molar-refractivity contribution >= 4 is 32.2 Å². The van der Waals surface area contributed by atoms with Crippen LogP contribution in [0.5, 0.6) is 11.5 Å². The number of primary sulfonamides is 1. The number of nitrogens with one attached hydrogen (secondary N) is 1. The third-order valence-corrected chi connectivity index (χ3v) is 8.35. The Hall–Kier alpha value is -2.70. The third kappa shape index (κ3) is 7.03. The van der Waals surface area contributed by atoms with Crippen molar-refractivity contribution in [2.24, 2.45) is 5.14 Å². The van der Waals surface area contributed by atoms with Crippen molar-refractivity contribution in [1.82, 2.24) is 14.8 Å². The van der Waals surface area contributed by atoms with E-state index >= 15 is 0 Å². The molecule has 2 aliphatic rings. The second kappa shape index (κ2) is 11.6. The van der Waals surface area contributed by atoms with Crippen LogP contribution in [0.25, 0.3) is 11.3 Å². The van der Waals surface area contributed by atoms with Gasteiger partial charge in [0.2, 0.25) is 10.0 Å². The second-order valence-electron chi connectivity index (χ2n) is 10.0. The highest BCUT2D eigenvalue weighted by Gasteiger charge is 2.31. The average molecular weight is 558 g/mol. The highest BCUT2D eigenvalue weighted by atomic mass is 32.2. The summed E-state index contributed by atoms with van der Waals surface area (Å²) in [5.74, 6) is 1.37. The number of hydrogen-bond donors (Lipinski definition) is 2. The van der Waals surface area contributed by atoms with E-state index in [9.17, 15) is 8.42 Å². The molecule has 5 rings (SSSR count). The fourth-order valence-corrected chi connectivity index (χ4v) is 5.80. The smallest absolute Gasteiger partial charge is 0.238 e. The number of rotatable bonds is 11. The number of piperazine rings is 1. The van der Waals surface area contributed by atoms with Crippen LogP contribution in [0.2, 0.25) is 0 Å². The van der Waals surface area contributed by atoms with Crippen molar-refractivity contribution in [2.45, 2.75) is 43.7 Å². The van der Waals surface area contributed by atoms with Gasteiger partial charge in [-0.3, -0.25) is 9.80 Å². The highest BCUT2D eigenvalue weighted by molar-refractivity contribution is 7.89. The summed E-state index contributed by atoms with van der Waals surface area (Å²) in [6.45, 7) is 10.0. The molecule has 1 aliphatic heterocycles. The van der Waals surface area contributed by atoms with Crippen LogP contribution in [-0.4, -0.2) is 74.7 Å². The van der Waals surface area contributed by atoms with Crippen LogP contribution in [-0.2, 0) is 10.0 Å². The average Bonchev–Trinajstić information content (AvgIpc) is 3.63. The summed E-state index contributed by atoms with van der Waals surface area (Å²) in [5.41, 5.74) is 2.27.